The van der Waals surface area contributed by atoms with Crippen molar-refractivity contribution in [1.82, 2.24) is 4.90 Å². The van der Waals surface area contributed by atoms with Crippen molar-refractivity contribution < 1.29 is 4.79 Å². The van der Waals surface area contributed by atoms with Gasteiger partial charge in [0.1, 0.15) is 0 Å². The molecule has 3 nitrogen and oxygen atoms in total. The van der Waals surface area contributed by atoms with Gasteiger partial charge in [-0.05, 0) is 37.5 Å². The van der Waals surface area contributed by atoms with Crippen LogP contribution in [0.2, 0.25) is 5.02 Å². The van der Waals surface area contributed by atoms with Gasteiger partial charge < -0.3 is 10.6 Å². The van der Waals surface area contributed by atoms with Crippen molar-refractivity contribution in [3.8, 4) is 0 Å². The van der Waals surface area contributed by atoms with Gasteiger partial charge in [-0.25, -0.2) is 0 Å². The molecule has 1 saturated heterocycles. The van der Waals surface area contributed by atoms with Crippen LogP contribution in [0.3, 0.4) is 0 Å². The Bertz CT molecular complexity index is 420. The largest absolute Gasteiger partial charge is 0.338 e. The molecule has 0 aromatic heterocycles. The Hall–Kier alpha value is -1.06. The lowest BCUT2D eigenvalue weighted by Crippen LogP contribution is -2.32. The van der Waals surface area contributed by atoms with Gasteiger partial charge >= 0.3 is 0 Å². The average Bonchev–Trinajstić information content (AvgIpc) is 2.77. The molecule has 2 unspecified atom stereocenters. The van der Waals surface area contributed by atoms with Gasteiger partial charge in [0.2, 0.25) is 0 Å². The van der Waals surface area contributed by atoms with Crippen molar-refractivity contribution in [2.45, 2.75) is 19.4 Å². The van der Waals surface area contributed by atoms with Crippen molar-refractivity contribution in [3.63, 3.8) is 0 Å². The van der Waals surface area contributed by atoms with E-state index in [1.54, 1.807) is 24.3 Å². The highest BCUT2D eigenvalue weighted by molar-refractivity contribution is 6.30. The fourth-order valence-corrected chi connectivity index (χ4v) is 2.40. The maximum Gasteiger partial charge on any atom is 0.253 e. The van der Waals surface area contributed by atoms with E-state index in [0.29, 0.717) is 16.5 Å². The summed E-state index contributed by atoms with van der Waals surface area (Å²) < 4.78 is 0. The first-order chi connectivity index (χ1) is 8.08. The summed E-state index contributed by atoms with van der Waals surface area (Å²) in [6, 6.07) is 7.23. The number of nitrogens with two attached hydrogens (primary N) is 1. The quantitative estimate of drug-likeness (QED) is 0.877. The number of rotatable bonds is 2. The van der Waals surface area contributed by atoms with E-state index >= 15 is 0 Å². The van der Waals surface area contributed by atoms with Crippen molar-refractivity contribution in [3.05, 3.63) is 34.9 Å². The number of carbonyl (C=O) groups excluding carboxylic acids is 1. The van der Waals surface area contributed by atoms with E-state index in [4.69, 9.17) is 17.3 Å². The van der Waals surface area contributed by atoms with Gasteiger partial charge in [0, 0.05) is 29.7 Å². The minimum absolute atomic E-state index is 0.0515. The van der Waals surface area contributed by atoms with Crippen LogP contribution in [0.15, 0.2) is 24.3 Å². The molecule has 1 heterocycles. The smallest absolute Gasteiger partial charge is 0.253 e. The highest BCUT2D eigenvalue weighted by atomic mass is 35.5. The molecule has 92 valence electrons. The van der Waals surface area contributed by atoms with Crippen LogP contribution < -0.4 is 5.73 Å². The number of hydrogen-bond acceptors (Lipinski definition) is 2. The number of amides is 1. The number of carbonyl (C=O) groups is 1. The van der Waals surface area contributed by atoms with Gasteiger partial charge in [0.15, 0.2) is 0 Å². The number of benzene rings is 1. The molecule has 17 heavy (non-hydrogen) atoms. The lowest BCUT2D eigenvalue weighted by Gasteiger charge is -2.18. The topological polar surface area (TPSA) is 46.3 Å². The summed E-state index contributed by atoms with van der Waals surface area (Å²) >= 11 is 5.88. The standard InChI is InChI=1S/C13H17ClN2O/c1-9(15)11-5-6-16(8-11)13(17)10-3-2-4-12(14)7-10/h2-4,7,9,11H,5-6,8,15H2,1H3. The molecule has 0 radical (unpaired) electrons. The van der Waals surface area contributed by atoms with Gasteiger partial charge in [-0.1, -0.05) is 17.7 Å². The Morgan fingerprint density at radius 2 is 2.35 bits per heavy atom. The van der Waals surface area contributed by atoms with Gasteiger partial charge in [0.05, 0.1) is 0 Å². The molecule has 0 aliphatic carbocycles. The molecule has 2 atom stereocenters. The van der Waals surface area contributed by atoms with Crippen LogP contribution in [0.1, 0.15) is 23.7 Å². The SMILES string of the molecule is CC(N)C1CCN(C(=O)c2cccc(Cl)c2)C1. The first-order valence-electron chi connectivity index (χ1n) is 5.88. The van der Waals surface area contributed by atoms with E-state index in [1.807, 2.05) is 11.8 Å². The third-order valence-electron chi connectivity index (χ3n) is 3.33. The summed E-state index contributed by atoms with van der Waals surface area (Å²) in [6.07, 6.45) is 0.990. The van der Waals surface area contributed by atoms with Crippen LogP contribution in [0.4, 0.5) is 0 Å². The monoisotopic (exact) mass is 252 g/mol. The maximum atomic E-state index is 12.2. The third kappa shape index (κ3) is 2.79. The van der Waals surface area contributed by atoms with Crippen LogP contribution in [-0.4, -0.2) is 29.9 Å². The van der Waals surface area contributed by atoms with Crippen LogP contribution in [-0.2, 0) is 0 Å². The number of halogens is 1. The van der Waals surface area contributed by atoms with Crippen LogP contribution >= 0.6 is 11.6 Å². The van der Waals surface area contributed by atoms with Gasteiger partial charge in [-0.3, -0.25) is 4.79 Å². The maximum absolute atomic E-state index is 12.2. The summed E-state index contributed by atoms with van der Waals surface area (Å²) in [6.45, 7) is 3.54. The van der Waals surface area contributed by atoms with Crippen molar-refractivity contribution in [1.29, 1.82) is 0 Å². The molecule has 2 rings (SSSR count). The Morgan fingerprint density at radius 3 is 2.94 bits per heavy atom. The first-order valence-corrected chi connectivity index (χ1v) is 6.26. The molecule has 4 heteroatoms. The molecule has 1 aromatic rings. The molecule has 0 bridgehead atoms. The summed E-state index contributed by atoms with van der Waals surface area (Å²) in [7, 11) is 0. The zero-order valence-corrected chi connectivity index (χ0v) is 10.7. The van der Waals surface area contributed by atoms with E-state index in [0.717, 1.165) is 19.5 Å². The lowest BCUT2D eigenvalue weighted by atomic mass is 10.0. The molecule has 0 saturated carbocycles. The second-order valence-electron chi connectivity index (χ2n) is 4.67. The fraction of sp³-hybridized carbons (Fsp3) is 0.462. The van der Waals surface area contributed by atoms with E-state index in [1.165, 1.54) is 0 Å². The molecule has 1 fully saturated rings. The Kier molecular flexibility index (Phi) is 3.69. The predicted octanol–water partition coefficient (Wildman–Crippen LogP) is 2.15. The highest BCUT2D eigenvalue weighted by Gasteiger charge is 2.28. The van der Waals surface area contributed by atoms with E-state index < -0.39 is 0 Å². The molecule has 1 aliphatic heterocycles. The third-order valence-corrected chi connectivity index (χ3v) is 3.56. The van der Waals surface area contributed by atoms with Gasteiger partial charge in [0.25, 0.3) is 5.91 Å². The Morgan fingerprint density at radius 1 is 1.59 bits per heavy atom. The fourth-order valence-electron chi connectivity index (χ4n) is 2.21. The van der Waals surface area contributed by atoms with Crippen LogP contribution in [0.25, 0.3) is 0 Å². The number of nitrogens with zero attached hydrogens (tertiary/aromatic N) is 1. The second kappa shape index (κ2) is 5.07. The van der Waals surface area contributed by atoms with Gasteiger partial charge in [-0.2, -0.15) is 0 Å². The molecule has 1 aliphatic rings. The number of likely N-dealkylation sites (tertiary alicyclic amines) is 1. The summed E-state index contributed by atoms with van der Waals surface area (Å²) in [5.74, 6) is 0.466. The first kappa shape index (κ1) is 12.4. The zero-order chi connectivity index (χ0) is 12.4. The van der Waals surface area contributed by atoms with Crippen molar-refractivity contribution in [2.24, 2.45) is 11.7 Å². The molecule has 0 spiro atoms. The predicted molar refractivity (Wildman–Crippen MR) is 69.1 cm³/mol. The summed E-state index contributed by atoms with van der Waals surface area (Å²) in [5.41, 5.74) is 6.52. The minimum atomic E-state index is 0.0515. The van der Waals surface area contributed by atoms with E-state index in [-0.39, 0.29) is 11.9 Å². The normalized spacial score (nSPS) is 21.6. The second-order valence-corrected chi connectivity index (χ2v) is 5.11. The van der Waals surface area contributed by atoms with Crippen LogP contribution in [0.5, 0.6) is 0 Å². The lowest BCUT2D eigenvalue weighted by molar-refractivity contribution is 0.0786. The molecule has 1 aromatic carbocycles. The average molecular weight is 253 g/mol. The van der Waals surface area contributed by atoms with E-state index in [9.17, 15) is 4.79 Å². The number of hydrogen-bond donors (Lipinski definition) is 1. The molecule has 1 amide bonds. The summed E-state index contributed by atoms with van der Waals surface area (Å²) in [5, 5.41) is 0.596. The minimum Gasteiger partial charge on any atom is -0.338 e. The molecule has 2 N–H and O–H groups in total. The zero-order valence-electron chi connectivity index (χ0n) is 9.90. The Labute approximate surface area is 107 Å². The van der Waals surface area contributed by atoms with E-state index in [2.05, 4.69) is 0 Å². The molecular weight excluding hydrogens is 236 g/mol. The highest BCUT2D eigenvalue weighted by Crippen LogP contribution is 2.21. The van der Waals surface area contributed by atoms with Crippen molar-refractivity contribution in [2.75, 3.05) is 13.1 Å². The molecular formula is C13H17ClN2O. The summed E-state index contributed by atoms with van der Waals surface area (Å²) in [4.78, 5) is 14.1. The van der Waals surface area contributed by atoms with Crippen molar-refractivity contribution >= 4 is 17.5 Å². The van der Waals surface area contributed by atoms with Crippen LogP contribution in [0, 0.1) is 5.92 Å². The Balaban J connectivity index is 2.07. The van der Waals surface area contributed by atoms with Gasteiger partial charge in [-0.15, -0.1) is 0 Å².